The molecule has 1 heterocycles. The normalized spacial score (nSPS) is 10.2. The van der Waals surface area contributed by atoms with Gasteiger partial charge in [0.2, 0.25) is 0 Å². The molecule has 0 aliphatic carbocycles. The van der Waals surface area contributed by atoms with E-state index in [1.807, 2.05) is 19.2 Å². The number of rotatable bonds is 4. The van der Waals surface area contributed by atoms with Gasteiger partial charge in [0.05, 0.1) is 8.66 Å². The van der Waals surface area contributed by atoms with Gasteiger partial charge >= 0.3 is 0 Å². The smallest absolute Gasteiger partial charge is 0.263 e. The molecule has 0 fully saturated rings. The summed E-state index contributed by atoms with van der Waals surface area (Å²) < 4.78 is 1.00. The summed E-state index contributed by atoms with van der Waals surface area (Å²) >= 11 is 4.83. The van der Waals surface area contributed by atoms with E-state index in [1.54, 1.807) is 4.90 Å². The predicted molar refractivity (Wildman–Crippen MR) is 63.9 cm³/mol. The SMILES string of the molecule is CCCCN(C)C(=O)c1ccc(Br)s1. The summed E-state index contributed by atoms with van der Waals surface area (Å²) in [6, 6.07) is 3.77. The Morgan fingerprint density at radius 3 is 2.79 bits per heavy atom. The molecule has 1 aromatic heterocycles. The Balaban J connectivity index is 2.56. The third kappa shape index (κ3) is 3.10. The molecule has 0 unspecified atom stereocenters. The van der Waals surface area contributed by atoms with Gasteiger partial charge in [-0.05, 0) is 34.5 Å². The fraction of sp³-hybridized carbons (Fsp3) is 0.500. The molecule has 1 rings (SSSR count). The Hall–Kier alpha value is -0.350. The fourth-order valence-corrected chi connectivity index (χ4v) is 2.49. The van der Waals surface area contributed by atoms with Crippen LogP contribution in [0.2, 0.25) is 0 Å². The van der Waals surface area contributed by atoms with Gasteiger partial charge in [-0.15, -0.1) is 11.3 Å². The lowest BCUT2D eigenvalue weighted by molar-refractivity contribution is 0.0798. The number of amides is 1. The molecule has 4 heteroatoms. The number of carbonyl (C=O) groups excluding carboxylic acids is 1. The number of carbonyl (C=O) groups is 1. The zero-order chi connectivity index (χ0) is 10.6. The van der Waals surface area contributed by atoms with E-state index in [2.05, 4.69) is 22.9 Å². The van der Waals surface area contributed by atoms with Crippen molar-refractivity contribution >= 4 is 33.2 Å². The quantitative estimate of drug-likeness (QED) is 0.825. The first kappa shape index (κ1) is 11.7. The Morgan fingerprint density at radius 2 is 2.29 bits per heavy atom. The number of unbranched alkanes of at least 4 members (excludes halogenated alkanes) is 1. The van der Waals surface area contributed by atoms with Crippen LogP contribution in [0.4, 0.5) is 0 Å². The molecule has 0 aliphatic heterocycles. The van der Waals surface area contributed by atoms with E-state index in [4.69, 9.17) is 0 Å². The van der Waals surface area contributed by atoms with Crippen molar-refractivity contribution in [2.75, 3.05) is 13.6 Å². The summed E-state index contributed by atoms with van der Waals surface area (Å²) in [7, 11) is 1.85. The van der Waals surface area contributed by atoms with Crippen LogP contribution in [-0.4, -0.2) is 24.4 Å². The van der Waals surface area contributed by atoms with Crippen LogP contribution in [0.5, 0.6) is 0 Å². The molecule has 0 aromatic carbocycles. The van der Waals surface area contributed by atoms with Crippen LogP contribution in [-0.2, 0) is 0 Å². The minimum Gasteiger partial charge on any atom is -0.341 e. The van der Waals surface area contributed by atoms with Gasteiger partial charge in [-0.2, -0.15) is 0 Å². The standard InChI is InChI=1S/C10H14BrNOS/c1-3-4-7-12(2)10(13)8-5-6-9(11)14-8/h5-6H,3-4,7H2,1-2H3. The lowest BCUT2D eigenvalue weighted by Crippen LogP contribution is -2.26. The molecule has 0 radical (unpaired) electrons. The summed E-state index contributed by atoms with van der Waals surface area (Å²) in [6.45, 7) is 2.96. The highest BCUT2D eigenvalue weighted by molar-refractivity contribution is 9.11. The van der Waals surface area contributed by atoms with Crippen LogP contribution in [0.3, 0.4) is 0 Å². The van der Waals surface area contributed by atoms with Crippen molar-refractivity contribution < 1.29 is 4.79 Å². The Labute approximate surface area is 97.1 Å². The van der Waals surface area contributed by atoms with Crippen molar-refractivity contribution in [1.29, 1.82) is 0 Å². The molecule has 2 nitrogen and oxygen atoms in total. The molecule has 0 saturated carbocycles. The topological polar surface area (TPSA) is 20.3 Å². The Kier molecular flexibility index (Phi) is 4.62. The molecule has 1 amide bonds. The number of nitrogens with zero attached hydrogens (tertiary/aromatic N) is 1. The second-order valence-corrected chi connectivity index (χ2v) is 5.65. The van der Waals surface area contributed by atoms with Gasteiger partial charge in [0.15, 0.2) is 0 Å². The Bertz CT molecular complexity index is 311. The van der Waals surface area contributed by atoms with Crippen molar-refractivity contribution in [1.82, 2.24) is 4.90 Å². The number of hydrogen-bond acceptors (Lipinski definition) is 2. The second kappa shape index (κ2) is 5.51. The molecule has 1 aromatic rings. The van der Waals surface area contributed by atoms with E-state index < -0.39 is 0 Å². The molecule has 78 valence electrons. The van der Waals surface area contributed by atoms with E-state index in [9.17, 15) is 4.79 Å². The van der Waals surface area contributed by atoms with Crippen molar-refractivity contribution in [2.24, 2.45) is 0 Å². The first-order valence-electron chi connectivity index (χ1n) is 4.66. The molecule has 0 spiro atoms. The zero-order valence-electron chi connectivity index (χ0n) is 8.42. The van der Waals surface area contributed by atoms with Gasteiger partial charge in [-0.25, -0.2) is 0 Å². The highest BCUT2D eigenvalue weighted by atomic mass is 79.9. The van der Waals surface area contributed by atoms with Crippen LogP contribution < -0.4 is 0 Å². The Morgan fingerprint density at radius 1 is 1.57 bits per heavy atom. The maximum Gasteiger partial charge on any atom is 0.263 e. The third-order valence-electron chi connectivity index (χ3n) is 1.98. The van der Waals surface area contributed by atoms with Gasteiger partial charge in [-0.3, -0.25) is 4.79 Å². The molecule has 0 bridgehead atoms. The molecule has 0 aliphatic rings. The summed E-state index contributed by atoms with van der Waals surface area (Å²) in [6.07, 6.45) is 2.18. The molecule has 0 saturated heterocycles. The monoisotopic (exact) mass is 275 g/mol. The average molecular weight is 276 g/mol. The fourth-order valence-electron chi connectivity index (χ4n) is 1.11. The van der Waals surface area contributed by atoms with Crippen LogP contribution in [0.15, 0.2) is 15.9 Å². The largest absolute Gasteiger partial charge is 0.341 e. The average Bonchev–Trinajstić information content (AvgIpc) is 2.60. The van der Waals surface area contributed by atoms with Crippen molar-refractivity contribution in [3.8, 4) is 0 Å². The van der Waals surface area contributed by atoms with Crippen LogP contribution in [0.25, 0.3) is 0 Å². The van der Waals surface area contributed by atoms with E-state index in [-0.39, 0.29) is 5.91 Å². The second-order valence-electron chi connectivity index (χ2n) is 3.18. The number of halogens is 1. The highest BCUT2D eigenvalue weighted by Gasteiger charge is 2.12. The molecule has 14 heavy (non-hydrogen) atoms. The van der Waals surface area contributed by atoms with Gasteiger partial charge in [0.25, 0.3) is 5.91 Å². The number of hydrogen-bond donors (Lipinski definition) is 0. The zero-order valence-corrected chi connectivity index (χ0v) is 10.8. The summed E-state index contributed by atoms with van der Waals surface area (Å²) in [5.74, 6) is 0.120. The van der Waals surface area contributed by atoms with Gasteiger partial charge in [0, 0.05) is 13.6 Å². The maximum atomic E-state index is 11.8. The summed E-state index contributed by atoms with van der Waals surface area (Å²) in [4.78, 5) is 14.4. The van der Waals surface area contributed by atoms with E-state index >= 15 is 0 Å². The van der Waals surface area contributed by atoms with Crippen LogP contribution >= 0.6 is 27.3 Å². The first-order valence-corrected chi connectivity index (χ1v) is 6.27. The van der Waals surface area contributed by atoms with Crippen LogP contribution in [0, 0.1) is 0 Å². The maximum absolute atomic E-state index is 11.8. The van der Waals surface area contributed by atoms with E-state index in [1.165, 1.54) is 11.3 Å². The molecule has 0 N–H and O–H groups in total. The van der Waals surface area contributed by atoms with Gasteiger partial charge in [-0.1, -0.05) is 13.3 Å². The predicted octanol–water partition coefficient (Wildman–Crippen LogP) is 3.38. The summed E-state index contributed by atoms with van der Waals surface area (Å²) in [5, 5.41) is 0. The minimum absolute atomic E-state index is 0.120. The van der Waals surface area contributed by atoms with E-state index in [0.29, 0.717) is 0 Å². The van der Waals surface area contributed by atoms with Gasteiger partial charge in [0.1, 0.15) is 0 Å². The lowest BCUT2D eigenvalue weighted by atomic mass is 10.3. The minimum atomic E-state index is 0.120. The first-order chi connectivity index (χ1) is 6.65. The van der Waals surface area contributed by atoms with Crippen molar-refractivity contribution in [3.63, 3.8) is 0 Å². The van der Waals surface area contributed by atoms with Crippen LogP contribution in [0.1, 0.15) is 29.4 Å². The molecule has 0 atom stereocenters. The third-order valence-corrected chi connectivity index (χ3v) is 3.59. The lowest BCUT2D eigenvalue weighted by Gasteiger charge is -2.15. The summed E-state index contributed by atoms with van der Waals surface area (Å²) in [5.41, 5.74) is 0. The highest BCUT2D eigenvalue weighted by Crippen LogP contribution is 2.23. The molecular weight excluding hydrogens is 262 g/mol. The molecular formula is C10H14BrNOS. The van der Waals surface area contributed by atoms with Crippen molar-refractivity contribution in [3.05, 3.63) is 20.8 Å². The van der Waals surface area contributed by atoms with Gasteiger partial charge < -0.3 is 4.90 Å². The van der Waals surface area contributed by atoms with E-state index in [0.717, 1.165) is 28.0 Å². The number of thiophene rings is 1. The van der Waals surface area contributed by atoms with Crippen molar-refractivity contribution in [2.45, 2.75) is 19.8 Å².